The number of nitrogens with zero attached hydrogens (tertiary/aromatic N) is 2. The smallest absolute Gasteiger partial charge is 0.254 e. The van der Waals surface area contributed by atoms with Crippen LogP contribution in [0.15, 0.2) is 84.9 Å². The Labute approximate surface area is 190 Å². The van der Waals surface area contributed by atoms with Gasteiger partial charge in [-0.2, -0.15) is 0 Å². The molecule has 0 aliphatic rings. The third-order valence-corrected chi connectivity index (χ3v) is 6.28. The minimum atomic E-state index is -0.0480. The van der Waals surface area contributed by atoms with Gasteiger partial charge in [0.25, 0.3) is 5.91 Å². The Bertz CT molecular complexity index is 1240. The first-order chi connectivity index (χ1) is 15.3. The molecule has 1 atom stereocenters. The molecule has 0 heterocycles. The molecule has 3 nitrogen and oxygen atoms in total. The number of fused-ring (bicyclic) bond motifs is 1. The van der Waals surface area contributed by atoms with Gasteiger partial charge >= 0.3 is 0 Å². The van der Waals surface area contributed by atoms with E-state index in [0.717, 1.165) is 16.7 Å². The maximum Gasteiger partial charge on any atom is 0.254 e. The van der Waals surface area contributed by atoms with Crippen molar-refractivity contribution in [1.29, 1.82) is 0 Å². The van der Waals surface area contributed by atoms with Crippen molar-refractivity contribution in [3.63, 3.8) is 0 Å². The quantitative estimate of drug-likeness (QED) is 0.357. The number of rotatable bonds is 5. The lowest BCUT2D eigenvalue weighted by atomic mass is 9.97. The van der Waals surface area contributed by atoms with Crippen LogP contribution in [0.4, 0.5) is 5.69 Å². The molecule has 0 N–H and O–H groups in total. The van der Waals surface area contributed by atoms with Crippen LogP contribution in [0.2, 0.25) is 0 Å². The summed E-state index contributed by atoms with van der Waals surface area (Å²) in [7, 11) is 5.97. The molecule has 0 aliphatic heterocycles. The molecular formula is C29H30N2O. The molecule has 162 valence electrons. The lowest BCUT2D eigenvalue weighted by Gasteiger charge is -2.27. The third kappa shape index (κ3) is 4.24. The average molecular weight is 423 g/mol. The Kier molecular flexibility index (Phi) is 6.00. The normalized spacial score (nSPS) is 11.9. The summed E-state index contributed by atoms with van der Waals surface area (Å²) in [4.78, 5) is 17.2. The predicted molar refractivity (Wildman–Crippen MR) is 135 cm³/mol. The van der Waals surface area contributed by atoms with Crippen molar-refractivity contribution in [3.8, 4) is 11.1 Å². The lowest BCUT2D eigenvalue weighted by Crippen LogP contribution is -2.29. The number of anilines is 1. The second-order valence-corrected chi connectivity index (χ2v) is 8.68. The topological polar surface area (TPSA) is 23.6 Å². The fraction of sp³-hybridized carbons (Fsp3) is 0.207. The van der Waals surface area contributed by atoms with E-state index in [4.69, 9.17) is 0 Å². The van der Waals surface area contributed by atoms with Crippen molar-refractivity contribution < 1.29 is 4.79 Å². The van der Waals surface area contributed by atoms with E-state index in [9.17, 15) is 4.79 Å². The van der Waals surface area contributed by atoms with Crippen molar-refractivity contribution in [1.82, 2.24) is 4.90 Å². The number of carbonyl (C=O) groups excluding carboxylic acids is 1. The Balaban J connectivity index is 1.58. The van der Waals surface area contributed by atoms with Gasteiger partial charge in [0.2, 0.25) is 0 Å². The number of hydrogen-bond acceptors (Lipinski definition) is 2. The van der Waals surface area contributed by atoms with Gasteiger partial charge in [-0.05, 0) is 65.6 Å². The van der Waals surface area contributed by atoms with Crippen LogP contribution in [0.3, 0.4) is 0 Å². The largest absolute Gasteiger partial charge is 0.378 e. The minimum Gasteiger partial charge on any atom is -0.378 e. The Morgan fingerprint density at radius 1 is 0.781 bits per heavy atom. The fourth-order valence-electron chi connectivity index (χ4n) is 4.08. The molecule has 0 aromatic heterocycles. The van der Waals surface area contributed by atoms with E-state index in [-0.39, 0.29) is 11.9 Å². The Morgan fingerprint density at radius 3 is 2.03 bits per heavy atom. The molecule has 4 aromatic rings. The highest BCUT2D eigenvalue weighted by Gasteiger charge is 2.20. The van der Waals surface area contributed by atoms with Crippen LogP contribution >= 0.6 is 0 Å². The van der Waals surface area contributed by atoms with Crippen LogP contribution in [0, 0.1) is 6.92 Å². The monoisotopic (exact) mass is 422 g/mol. The van der Waals surface area contributed by atoms with Crippen molar-refractivity contribution in [3.05, 3.63) is 102 Å². The molecule has 4 rings (SSSR count). The van der Waals surface area contributed by atoms with Gasteiger partial charge in [0.1, 0.15) is 0 Å². The van der Waals surface area contributed by atoms with E-state index in [0.29, 0.717) is 5.56 Å². The van der Waals surface area contributed by atoms with Gasteiger partial charge in [0, 0.05) is 32.4 Å². The highest BCUT2D eigenvalue weighted by molar-refractivity contribution is 5.95. The van der Waals surface area contributed by atoms with Crippen molar-refractivity contribution in [2.75, 3.05) is 26.0 Å². The number of amides is 1. The lowest BCUT2D eigenvalue weighted by molar-refractivity contribution is 0.0743. The predicted octanol–water partition coefficient (Wildman–Crippen LogP) is 6.71. The van der Waals surface area contributed by atoms with Gasteiger partial charge in [0.05, 0.1) is 6.04 Å². The highest BCUT2D eigenvalue weighted by Crippen LogP contribution is 2.31. The molecule has 0 spiro atoms. The Morgan fingerprint density at radius 2 is 1.41 bits per heavy atom. The van der Waals surface area contributed by atoms with Crippen LogP contribution in [-0.2, 0) is 0 Å². The summed E-state index contributed by atoms with van der Waals surface area (Å²) in [5.41, 5.74) is 6.53. The molecule has 32 heavy (non-hydrogen) atoms. The van der Waals surface area contributed by atoms with Crippen LogP contribution in [0.25, 0.3) is 21.9 Å². The van der Waals surface area contributed by atoms with Crippen molar-refractivity contribution >= 4 is 22.4 Å². The van der Waals surface area contributed by atoms with Gasteiger partial charge in [-0.3, -0.25) is 4.79 Å². The summed E-state index contributed by atoms with van der Waals surface area (Å²) < 4.78 is 0. The van der Waals surface area contributed by atoms with Crippen LogP contribution < -0.4 is 4.90 Å². The molecule has 0 fully saturated rings. The van der Waals surface area contributed by atoms with Crippen molar-refractivity contribution in [2.24, 2.45) is 0 Å². The highest BCUT2D eigenvalue weighted by atomic mass is 16.2. The van der Waals surface area contributed by atoms with E-state index >= 15 is 0 Å². The van der Waals surface area contributed by atoms with E-state index in [1.54, 1.807) is 0 Å². The van der Waals surface area contributed by atoms with Crippen molar-refractivity contribution in [2.45, 2.75) is 19.9 Å². The average Bonchev–Trinajstić information content (AvgIpc) is 2.82. The zero-order chi connectivity index (χ0) is 22.8. The zero-order valence-corrected chi connectivity index (χ0v) is 19.5. The maximum absolute atomic E-state index is 13.3. The Hall–Kier alpha value is -3.59. The van der Waals surface area contributed by atoms with Gasteiger partial charge < -0.3 is 9.80 Å². The van der Waals surface area contributed by atoms with Gasteiger partial charge in [-0.25, -0.2) is 0 Å². The second-order valence-electron chi connectivity index (χ2n) is 8.68. The molecule has 0 saturated heterocycles. The van der Waals surface area contributed by atoms with Crippen LogP contribution in [-0.4, -0.2) is 32.0 Å². The SMILES string of the molecule is Cc1ccc(-c2ccc(C(=O)N(C)C(C)c3cccc4cc(N(C)C)ccc34)cc2)cc1. The summed E-state index contributed by atoms with van der Waals surface area (Å²) in [6.07, 6.45) is 0. The number of carbonyl (C=O) groups is 1. The molecule has 0 bridgehead atoms. The number of hydrogen-bond donors (Lipinski definition) is 0. The summed E-state index contributed by atoms with van der Waals surface area (Å²) >= 11 is 0. The summed E-state index contributed by atoms with van der Waals surface area (Å²) in [6.45, 7) is 4.17. The zero-order valence-electron chi connectivity index (χ0n) is 19.5. The first kappa shape index (κ1) is 21.6. The van der Waals surface area contributed by atoms with E-state index in [1.165, 1.54) is 22.0 Å². The van der Waals surface area contributed by atoms with Gasteiger partial charge in [-0.1, -0.05) is 66.2 Å². The number of benzene rings is 4. The first-order valence-corrected chi connectivity index (χ1v) is 11.0. The van der Waals surface area contributed by atoms with Crippen LogP contribution in [0.1, 0.15) is 34.5 Å². The molecule has 1 amide bonds. The minimum absolute atomic E-state index is 0.0230. The number of aryl methyl sites for hydroxylation is 1. The molecule has 0 radical (unpaired) electrons. The molecule has 1 unspecified atom stereocenters. The third-order valence-electron chi connectivity index (χ3n) is 6.28. The molecule has 0 aliphatic carbocycles. The molecule has 3 heteroatoms. The second kappa shape index (κ2) is 8.88. The van der Waals surface area contributed by atoms with Gasteiger partial charge in [0.15, 0.2) is 0 Å². The van der Waals surface area contributed by atoms with E-state index in [1.807, 2.05) is 50.3 Å². The summed E-state index contributed by atoms with van der Waals surface area (Å²) in [5.74, 6) is 0.0230. The van der Waals surface area contributed by atoms with Gasteiger partial charge in [-0.15, -0.1) is 0 Å². The molecule has 0 saturated carbocycles. The van der Waals surface area contributed by atoms with E-state index < -0.39 is 0 Å². The fourth-order valence-corrected chi connectivity index (χ4v) is 4.08. The summed E-state index contributed by atoms with van der Waals surface area (Å²) in [5, 5.41) is 2.36. The molecular weight excluding hydrogens is 392 g/mol. The maximum atomic E-state index is 13.3. The van der Waals surface area contributed by atoms with Crippen LogP contribution in [0.5, 0.6) is 0 Å². The first-order valence-electron chi connectivity index (χ1n) is 11.0. The van der Waals surface area contributed by atoms with E-state index in [2.05, 4.69) is 79.4 Å². The standard InChI is InChI=1S/C29H30N2O/c1-20-9-11-22(12-10-20)23-13-15-24(16-14-23)29(32)31(5)21(2)27-8-6-7-25-19-26(30(3)4)17-18-28(25)27/h6-19,21H,1-5H3. The summed E-state index contributed by atoms with van der Waals surface area (Å²) in [6, 6.07) is 29.1. The molecule has 4 aromatic carbocycles.